The number of nitrogens with two attached hydrogens (primary N) is 1. The van der Waals surface area contributed by atoms with Gasteiger partial charge in [0.05, 0.1) is 16.9 Å². The minimum absolute atomic E-state index is 0.0973. The average Bonchev–Trinajstić information content (AvgIpc) is 2.40. The Morgan fingerprint density at radius 2 is 1.90 bits per heavy atom. The van der Waals surface area contributed by atoms with Crippen LogP contribution in [0.2, 0.25) is 0 Å². The zero-order valence-electron chi connectivity index (χ0n) is 11.5. The van der Waals surface area contributed by atoms with Crippen molar-refractivity contribution in [2.45, 2.75) is 13.3 Å². The van der Waals surface area contributed by atoms with Gasteiger partial charge in [0.1, 0.15) is 5.78 Å². The number of carbonyl (C=O) groups excluding carboxylic acids is 2. The van der Waals surface area contributed by atoms with Crippen molar-refractivity contribution >= 4 is 45.7 Å². The first kappa shape index (κ1) is 15.5. The monoisotopic (exact) mass is 398 g/mol. The number of nitrogens with one attached hydrogen (secondary N) is 1. The average molecular weight is 398 g/mol. The van der Waals surface area contributed by atoms with Gasteiger partial charge in [-0.2, -0.15) is 0 Å². The number of carbonyl (C=O) groups is 2. The zero-order chi connectivity index (χ0) is 15.4. The van der Waals surface area contributed by atoms with Crippen LogP contribution in [0.15, 0.2) is 42.5 Å². The van der Waals surface area contributed by atoms with Gasteiger partial charge in [-0.1, -0.05) is 18.2 Å². The first-order valence-electron chi connectivity index (χ1n) is 6.41. The van der Waals surface area contributed by atoms with E-state index in [1.165, 1.54) is 0 Å². The summed E-state index contributed by atoms with van der Waals surface area (Å²) >= 11 is 2.10. The summed E-state index contributed by atoms with van der Waals surface area (Å²) in [4.78, 5) is 23.4. The molecular weight excluding hydrogens is 383 g/mol. The van der Waals surface area contributed by atoms with E-state index in [2.05, 4.69) is 27.9 Å². The molecule has 0 saturated heterocycles. The third-order valence-electron chi connectivity index (χ3n) is 2.94. The van der Waals surface area contributed by atoms with Crippen LogP contribution in [0, 0.1) is 3.57 Å². The predicted molar refractivity (Wildman–Crippen MR) is 92.4 cm³/mol. The molecule has 0 radical (unpaired) electrons. The van der Waals surface area contributed by atoms with Gasteiger partial charge >= 0.3 is 0 Å². The number of para-hydroxylation sites is 2. The highest BCUT2D eigenvalue weighted by Gasteiger charge is 2.12. The Hall–Kier alpha value is -1.89. The molecule has 0 bridgehead atoms. The van der Waals surface area contributed by atoms with Gasteiger partial charge in [0.15, 0.2) is 0 Å². The van der Waals surface area contributed by atoms with Crippen LogP contribution in [-0.2, 0) is 11.2 Å². The number of amides is 1. The smallest absolute Gasteiger partial charge is 0.256 e. The Bertz CT molecular complexity index is 698. The normalized spacial score (nSPS) is 10.2. The second-order valence-electron chi connectivity index (χ2n) is 4.73. The molecule has 5 heteroatoms. The molecule has 0 spiro atoms. The van der Waals surface area contributed by atoms with Crippen molar-refractivity contribution in [3.63, 3.8) is 0 Å². The van der Waals surface area contributed by atoms with Gasteiger partial charge in [-0.3, -0.25) is 9.59 Å². The number of Topliss-reactive ketones (excluding diaryl/α,β-unsaturated/α-hetero) is 1. The van der Waals surface area contributed by atoms with E-state index in [1.54, 1.807) is 31.2 Å². The minimum atomic E-state index is -0.216. The van der Waals surface area contributed by atoms with Crippen molar-refractivity contribution < 1.29 is 9.59 Å². The van der Waals surface area contributed by atoms with Crippen LogP contribution in [-0.4, -0.2) is 11.7 Å². The lowest BCUT2D eigenvalue weighted by molar-refractivity contribution is -0.116. The van der Waals surface area contributed by atoms with E-state index in [0.717, 1.165) is 9.13 Å². The SMILES string of the molecule is CC(=O)Cc1ccc(C(=O)Nc2ccccc2N)c([131I])c1. The molecule has 4 nitrogen and oxygen atoms in total. The quantitative estimate of drug-likeness (QED) is 0.614. The molecular formula is C16H15IN2O2. The number of nitrogen functional groups attached to an aromatic ring is 1. The lowest BCUT2D eigenvalue weighted by Crippen LogP contribution is -2.15. The van der Waals surface area contributed by atoms with E-state index in [1.807, 2.05) is 18.2 Å². The van der Waals surface area contributed by atoms with Gasteiger partial charge in [0.25, 0.3) is 5.91 Å². The molecule has 0 fully saturated rings. The summed E-state index contributed by atoms with van der Waals surface area (Å²) in [5.74, 6) is -0.119. The largest absolute Gasteiger partial charge is 0.397 e. The number of hydrogen-bond acceptors (Lipinski definition) is 3. The molecule has 0 aliphatic rings. The lowest BCUT2D eigenvalue weighted by atomic mass is 10.1. The van der Waals surface area contributed by atoms with Gasteiger partial charge in [-0.05, 0) is 59.3 Å². The highest BCUT2D eigenvalue weighted by atomic mass is 131. The van der Waals surface area contributed by atoms with Crippen LogP contribution in [0.3, 0.4) is 0 Å². The fraction of sp³-hybridized carbons (Fsp3) is 0.125. The van der Waals surface area contributed by atoms with Gasteiger partial charge < -0.3 is 11.1 Å². The third-order valence-corrected chi connectivity index (χ3v) is 3.83. The molecule has 2 aromatic rings. The summed E-state index contributed by atoms with van der Waals surface area (Å²) in [5.41, 5.74) is 8.39. The van der Waals surface area contributed by atoms with Crippen molar-refractivity contribution in [1.82, 2.24) is 0 Å². The molecule has 2 aromatic carbocycles. The van der Waals surface area contributed by atoms with Crippen LogP contribution < -0.4 is 11.1 Å². The van der Waals surface area contributed by atoms with E-state index in [4.69, 9.17) is 5.73 Å². The molecule has 0 unspecified atom stereocenters. The van der Waals surface area contributed by atoms with E-state index >= 15 is 0 Å². The lowest BCUT2D eigenvalue weighted by Gasteiger charge is -2.10. The van der Waals surface area contributed by atoms with E-state index in [9.17, 15) is 9.59 Å². The Kier molecular flexibility index (Phi) is 4.95. The number of ketones is 1. The van der Waals surface area contributed by atoms with E-state index in [-0.39, 0.29) is 11.7 Å². The maximum absolute atomic E-state index is 12.3. The Balaban J connectivity index is 2.20. The first-order valence-corrected chi connectivity index (χ1v) is 7.49. The summed E-state index contributed by atoms with van der Waals surface area (Å²) in [5, 5.41) is 2.79. The Labute approximate surface area is 136 Å². The van der Waals surface area contributed by atoms with Gasteiger partial charge in [-0.15, -0.1) is 0 Å². The van der Waals surface area contributed by atoms with Crippen molar-refractivity contribution in [2.75, 3.05) is 11.1 Å². The molecule has 108 valence electrons. The van der Waals surface area contributed by atoms with E-state index in [0.29, 0.717) is 23.4 Å². The first-order chi connectivity index (χ1) is 9.97. The van der Waals surface area contributed by atoms with Crippen molar-refractivity contribution in [3.05, 3.63) is 57.2 Å². The minimum Gasteiger partial charge on any atom is -0.397 e. The predicted octanol–water partition coefficient (Wildman–Crippen LogP) is 3.26. The molecule has 0 saturated carbocycles. The van der Waals surface area contributed by atoms with Crippen molar-refractivity contribution in [3.8, 4) is 0 Å². The number of benzene rings is 2. The highest BCUT2D eigenvalue weighted by molar-refractivity contribution is 14.1. The number of hydrogen-bond donors (Lipinski definition) is 2. The second kappa shape index (κ2) is 6.71. The zero-order valence-corrected chi connectivity index (χ0v) is 13.7. The van der Waals surface area contributed by atoms with Crippen LogP contribution in [0.4, 0.5) is 11.4 Å². The molecule has 0 aromatic heterocycles. The maximum atomic E-state index is 12.3. The summed E-state index contributed by atoms with van der Waals surface area (Å²) in [6.45, 7) is 1.55. The van der Waals surface area contributed by atoms with Crippen LogP contribution >= 0.6 is 22.6 Å². The molecule has 0 aliphatic heterocycles. The van der Waals surface area contributed by atoms with Gasteiger partial charge in [-0.25, -0.2) is 0 Å². The molecule has 3 N–H and O–H groups in total. The topological polar surface area (TPSA) is 72.2 Å². The third kappa shape index (κ3) is 4.04. The van der Waals surface area contributed by atoms with Gasteiger partial charge in [0, 0.05) is 9.99 Å². The van der Waals surface area contributed by atoms with Gasteiger partial charge in [0.2, 0.25) is 0 Å². The summed E-state index contributed by atoms with van der Waals surface area (Å²) in [7, 11) is 0. The fourth-order valence-corrected chi connectivity index (χ4v) is 2.77. The molecule has 0 aliphatic carbocycles. The molecule has 21 heavy (non-hydrogen) atoms. The van der Waals surface area contributed by atoms with Crippen molar-refractivity contribution in [2.24, 2.45) is 0 Å². The fourth-order valence-electron chi connectivity index (χ4n) is 1.94. The molecule has 2 rings (SSSR count). The Morgan fingerprint density at radius 3 is 2.52 bits per heavy atom. The number of anilines is 2. The second-order valence-corrected chi connectivity index (χ2v) is 5.90. The number of halogens is 1. The summed E-state index contributed by atoms with van der Waals surface area (Å²) < 4.78 is 0.804. The highest BCUT2D eigenvalue weighted by Crippen LogP contribution is 2.20. The van der Waals surface area contributed by atoms with Crippen molar-refractivity contribution in [1.29, 1.82) is 0 Å². The maximum Gasteiger partial charge on any atom is 0.256 e. The van der Waals surface area contributed by atoms with Crippen LogP contribution in [0.5, 0.6) is 0 Å². The summed E-state index contributed by atoms with van der Waals surface area (Å²) in [6.07, 6.45) is 0.379. The van der Waals surface area contributed by atoms with Crippen LogP contribution in [0.1, 0.15) is 22.8 Å². The molecule has 0 heterocycles. The standard InChI is InChI=1S/C16H15IN2O2/c1-10(20)8-11-6-7-12(13(17)9-11)16(21)19-15-5-3-2-4-14(15)18/h2-7,9H,8,18H2,1H3,(H,19,21)/i17+4. The Morgan fingerprint density at radius 1 is 1.19 bits per heavy atom. The molecule has 1 amide bonds. The molecule has 0 atom stereocenters. The summed E-state index contributed by atoms with van der Waals surface area (Å²) in [6, 6.07) is 12.5. The van der Waals surface area contributed by atoms with Crippen LogP contribution in [0.25, 0.3) is 0 Å². The number of rotatable bonds is 4. The van der Waals surface area contributed by atoms with E-state index < -0.39 is 0 Å².